The van der Waals surface area contributed by atoms with E-state index in [0.29, 0.717) is 6.04 Å². The average Bonchev–Trinajstić information content (AvgIpc) is 2.93. The molecule has 0 aromatic carbocycles. The van der Waals surface area contributed by atoms with Crippen LogP contribution in [-0.2, 0) is 4.79 Å². The Morgan fingerprint density at radius 1 is 1.15 bits per heavy atom. The minimum atomic E-state index is 0.0267. The zero-order chi connectivity index (χ0) is 13.5. The second-order valence-electron chi connectivity index (χ2n) is 6.81. The molecule has 0 unspecified atom stereocenters. The van der Waals surface area contributed by atoms with Gasteiger partial charge in [0.1, 0.15) is 5.76 Å². The lowest BCUT2D eigenvalue weighted by Crippen LogP contribution is -2.55. The first-order valence-corrected chi connectivity index (χ1v) is 7.80. The van der Waals surface area contributed by atoms with Gasteiger partial charge in [0.15, 0.2) is 0 Å². The Labute approximate surface area is 119 Å². The normalized spacial score (nSPS) is 38.5. The molecule has 0 aliphatic heterocycles. The molecular formula is C17H21NO2. The summed E-state index contributed by atoms with van der Waals surface area (Å²) in [5.41, 5.74) is 0. The first-order valence-electron chi connectivity index (χ1n) is 7.80. The van der Waals surface area contributed by atoms with Gasteiger partial charge in [-0.3, -0.25) is 4.79 Å². The summed E-state index contributed by atoms with van der Waals surface area (Å²) in [4.78, 5) is 12.1. The topological polar surface area (TPSA) is 42.2 Å². The van der Waals surface area contributed by atoms with Gasteiger partial charge in [-0.25, -0.2) is 0 Å². The van der Waals surface area contributed by atoms with Gasteiger partial charge in [0.25, 0.3) is 0 Å². The minimum Gasteiger partial charge on any atom is -0.465 e. The quantitative estimate of drug-likeness (QED) is 0.858. The monoisotopic (exact) mass is 271 g/mol. The van der Waals surface area contributed by atoms with Crippen molar-refractivity contribution in [3.63, 3.8) is 0 Å². The van der Waals surface area contributed by atoms with Crippen molar-refractivity contribution in [2.24, 2.45) is 23.7 Å². The van der Waals surface area contributed by atoms with Gasteiger partial charge in [-0.15, -0.1) is 0 Å². The number of hydrogen-bond donors (Lipinski definition) is 1. The van der Waals surface area contributed by atoms with Crippen molar-refractivity contribution in [1.29, 1.82) is 0 Å². The van der Waals surface area contributed by atoms with Crippen molar-refractivity contribution in [2.75, 3.05) is 0 Å². The van der Waals surface area contributed by atoms with E-state index >= 15 is 0 Å². The second-order valence-corrected chi connectivity index (χ2v) is 6.81. The predicted molar refractivity (Wildman–Crippen MR) is 76.7 cm³/mol. The number of rotatable bonds is 3. The van der Waals surface area contributed by atoms with Crippen LogP contribution in [0.1, 0.15) is 37.9 Å². The molecule has 1 heterocycles. The summed E-state index contributed by atoms with van der Waals surface area (Å²) in [5.74, 6) is 4.11. The van der Waals surface area contributed by atoms with Crippen molar-refractivity contribution in [3.05, 3.63) is 30.2 Å². The molecule has 0 radical (unpaired) electrons. The average molecular weight is 271 g/mol. The van der Waals surface area contributed by atoms with E-state index in [2.05, 4.69) is 5.32 Å². The van der Waals surface area contributed by atoms with Crippen LogP contribution >= 0.6 is 0 Å². The maximum atomic E-state index is 12.1. The van der Waals surface area contributed by atoms with Gasteiger partial charge in [-0.05, 0) is 74.0 Å². The number of furan rings is 1. The fourth-order valence-electron chi connectivity index (χ4n) is 4.92. The lowest BCUT2D eigenvalue weighted by molar-refractivity contribution is -0.120. The molecule has 5 rings (SSSR count). The van der Waals surface area contributed by atoms with E-state index in [1.165, 1.54) is 32.1 Å². The molecule has 106 valence electrons. The van der Waals surface area contributed by atoms with Crippen LogP contribution in [0.25, 0.3) is 6.08 Å². The van der Waals surface area contributed by atoms with Gasteiger partial charge < -0.3 is 9.73 Å². The van der Waals surface area contributed by atoms with Gasteiger partial charge in [0.05, 0.1) is 6.26 Å². The van der Waals surface area contributed by atoms with Crippen molar-refractivity contribution in [2.45, 2.75) is 38.1 Å². The van der Waals surface area contributed by atoms with Crippen LogP contribution in [0.5, 0.6) is 0 Å². The molecule has 4 aliphatic rings. The standard InChI is InChI=1S/C17H21NO2/c19-16(4-3-15-2-1-5-20-15)18-17-13-7-11-6-12(9-13)10-14(17)8-11/h1-5,11-14,17H,6-10H2,(H,18,19). The fraction of sp³-hybridized carbons (Fsp3) is 0.588. The van der Waals surface area contributed by atoms with E-state index in [4.69, 9.17) is 4.42 Å². The Hall–Kier alpha value is -1.51. The van der Waals surface area contributed by atoms with Crippen LogP contribution in [0, 0.1) is 23.7 Å². The molecule has 3 nitrogen and oxygen atoms in total. The molecule has 1 aromatic heterocycles. The zero-order valence-corrected chi connectivity index (χ0v) is 11.6. The highest BCUT2D eigenvalue weighted by molar-refractivity contribution is 5.91. The first-order chi connectivity index (χ1) is 9.78. The molecule has 0 spiro atoms. The van der Waals surface area contributed by atoms with E-state index in [-0.39, 0.29) is 5.91 Å². The third-order valence-corrected chi connectivity index (χ3v) is 5.48. The fourth-order valence-corrected chi connectivity index (χ4v) is 4.92. The van der Waals surface area contributed by atoms with Crippen LogP contribution in [0.4, 0.5) is 0 Å². The van der Waals surface area contributed by atoms with Gasteiger partial charge in [-0.1, -0.05) is 0 Å². The maximum absolute atomic E-state index is 12.1. The highest BCUT2D eigenvalue weighted by Gasteiger charge is 2.48. The predicted octanol–water partition coefficient (Wildman–Crippen LogP) is 3.23. The molecule has 4 aliphatic carbocycles. The molecule has 0 saturated heterocycles. The summed E-state index contributed by atoms with van der Waals surface area (Å²) in [6.07, 6.45) is 11.7. The van der Waals surface area contributed by atoms with Crippen LogP contribution in [0.3, 0.4) is 0 Å². The minimum absolute atomic E-state index is 0.0267. The number of hydrogen-bond acceptors (Lipinski definition) is 2. The summed E-state index contributed by atoms with van der Waals surface area (Å²) >= 11 is 0. The largest absolute Gasteiger partial charge is 0.465 e. The summed E-state index contributed by atoms with van der Waals surface area (Å²) in [5, 5.41) is 3.26. The summed E-state index contributed by atoms with van der Waals surface area (Å²) in [7, 11) is 0. The third kappa shape index (κ3) is 2.19. The lowest BCUT2D eigenvalue weighted by atomic mass is 9.54. The molecule has 1 aromatic rings. The first kappa shape index (κ1) is 12.2. The summed E-state index contributed by atoms with van der Waals surface area (Å²) in [6.45, 7) is 0. The Bertz CT molecular complexity index is 489. The number of carbonyl (C=O) groups excluding carboxylic acids is 1. The van der Waals surface area contributed by atoms with Gasteiger partial charge in [0.2, 0.25) is 5.91 Å². The van der Waals surface area contributed by atoms with Gasteiger partial charge in [-0.2, -0.15) is 0 Å². The summed E-state index contributed by atoms with van der Waals surface area (Å²) < 4.78 is 5.20. The zero-order valence-electron chi connectivity index (χ0n) is 11.6. The molecule has 4 bridgehead atoms. The molecular weight excluding hydrogens is 250 g/mol. The second kappa shape index (κ2) is 4.80. The van der Waals surface area contributed by atoms with Gasteiger partial charge in [0, 0.05) is 12.1 Å². The van der Waals surface area contributed by atoms with E-state index in [1.54, 1.807) is 18.4 Å². The van der Waals surface area contributed by atoms with Crippen LogP contribution < -0.4 is 5.32 Å². The Balaban J connectivity index is 1.40. The third-order valence-electron chi connectivity index (χ3n) is 5.48. The molecule has 4 fully saturated rings. The van der Waals surface area contributed by atoms with Crippen LogP contribution in [0.15, 0.2) is 28.9 Å². The number of carbonyl (C=O) groups is 1. The van der Waals surface area contributed by atoms with Crippen molar-refractivity contribution < 1.29 is 9.21 Å². The lowest BCUT2D eigenvalue weighted by Gasteiger charge is -2.54. The molecule has 4 saturated carbocycles. The van der Waals surface area contributed by atoms with E-state index in [1.807, 2.05) is 12.1 Å². The van der Waals surface area contributed by atoms with Gasteiger partial charge >= 0.3 is 0 Å². The number of nitrogens with one attached hydrogen (secondary N) is 1. The van der Waals surface area contributed by atoms with Crippen LogP contribution in [0.2, 0.25) is 0 Å². The highest BCUT2D eigenvalue weighted by atomic mass is 16.3. The Morgan fingerprint density at radius 2 is 1.85 bits per heavy atom. The Morgan fingerprint density at radius 3 is 2.45 bits per heavy atom. The SMILES string of the molecule is O=C(C=Cc1ccco1)NC1C2CC3CC(C2)CC1C3. The molecule has 20 heavy (non-hydrogen) atoms. The van der Waals surface area contributed by atoms with E-state index in [9.17, 15) is 4.79 Å². The summed E-state index contributed by atoms with van der Waals surface area (Å²) in [6, 6.07) is 4.10. The van der Waals surface area contributed by atoms with Crippen LogP contribution in [-0.4, -0.2) is 11.9 Å². The highest BCUT2D eigenvalue weighted by Crippen LogP contribution is 2.53. The van der Waals surface area contributed by atoms with E-state index < -0.39 is 0 Å². The maximum Gasteiger partial charge on any atom is 0.244 e. The molecule has 1 amide bonds. The molecule has 1 N–H and O–H groups in total. The van der Waals surface area contributed by atoms with Crippen molar-refractivity contribution >= 4 is 12.0 Å². The molecule has 3 heteroatoms. The van der Waals surface area contributed by atoms with Crippen molar-refractivity contribution in [3.8, 4) is 0 Å². The van der Waals surface area contributed by atoms with E-state index in [0.717, 1.165) is 29.4 Å². The smallest absolute Gasteiger partial charge is 0.244 e. The molecule has 0 atom stereocenters. The number of amides is 1. The Kier molecular flexibility index (Phi) is 2.94. The van der Waals surface area contributed by atoms with Crippen molar-refractivity contribution in [1.82, 2.24) is 5.32 Å².